The van der Waals surface area contributed by atoms with E-state index < -0.39 is 0 Å². The summed E-state index contributed by atoms with van der Waals surface area (Å²) < 4.78 is 0. The van der Waals surface area contributed by atoms with E-state index in [1.165, 1.54) is 68.8 Å². The van der Waals surface area contributed by atoms with E-state index in [2.05, 4.69) is 75.8 Å². The highest BCUT2D eigenvalue weighted by molar-refractivity contribution is 5.82. The molecule has 2 heterocycles. The van der Waals surface area contributed by atoms with Gasteiger partial charge in [-0.15, -0.1) is 0 Å². The number of nitrogens with one attached hydrogen (secondary N) is 1. The Kier molecular flexibility index (Phi) is 6.36. The molecule has 0 unspecified atom stereocenters. The Morgan fingerprint density at radius 3 is 1.67 bits per heavy atom. The Balaban J connectivity index is 1.45. The molecule has 0 aromatic heterocycles. The van der Waals surface area contributed by atoms with Gasteiger partial charge in [-0.1, -0.05) is 66.2 Å². The lowest BCUT2D eigenvalue weighted by atomic mass is 9.88. The number of benzene rings is 2. The van der Waals surface area contributed by atoms with Crippen LogP contribution in [0.3, 0.4) is 0 Å². The minimum absolute atomic E-state index is 1.14. The second-order valence-corrected chi connectivity index (χ2v) is 7.64. The summed E-state index contributed by atoms with van der Waals surface area (Å²) >= 11 is 0. The molecule has 4 rings (SSSR count). The van der Waals surface area contributed by atoms with Gasteiger partial charge in [-0.2, -0.15) is 0 Å². The van der Waals surface area contributed by atoms with E-state index in [0.29, 0.717) is 0 Å². The van der Waals surface area contributed by atoms with Gasteiger partial charge in [0.25, 0.3) is 0 Å². The summed E-state index contributed by atoms with van der Waals surface area (Å²) in [6, 6.07) is 21.9. The van der Waals surface area contributed by atoms with Gasteiger partial charge in [-0.25, -0.2) is 0 Å². The fourth-order valence-electron chi connectivity index (χ4n) is 4.30. The molecule has 3 nitrogen and oxygen atoms in total. The molecular formula is C24H31N3. The van der Waals surface area contributed by atoms with Crippen molar-refractivity contribution in [1.29, 1.82) is 0 Å². The second kappa shape index (κ2) is 9.32. The first-order chi connectivity index (χ1) is 13.4. The lowest BCUT2D eigenvalue weighted by Gasteiger charge is -2.33. The lowest BCUT2D eigenvalue weighted by molar-refractivity contribution is 0.182. The van der Waals surface area contributed by atoms with Gasteiger partial charge < -0.3 is 10.2 Å². The number of piperidine rings is 1. The van der Waals surface area contributed by atoms with E-state index in [4.69, 9.17) is 0 Å². The highest BCUT2D eigenvalue weighted by Gasteiger charge is 2.19. The molecule has 142 valence electrons. The average Bonchev–Trinajstić information content (AvgIpc) is 2.76. The van der Waals surface area contributed by atoms with Crippen molar-refractivity contribution in [3.8, 4) is 0 Å². The van der Waals surface area contributed by atoms with E-state index in [-0.39, 0.29) is 0 Å². The average molecular weight is 362 g/mol. The van der Waals surface area contributed by atoms with Gasteiger partial charge in [-0.05, 0) is 29.5 Å². The van der Waals surface area contributed by atoms with Crippen LogP contribution in [0.1, 0.15) is 24.0 Å². The molecule has 0 aliphatic carbocycles. The zero-order valence-electron chi connectivity index (χ0n) is 16.2. The van der Waals surface area contributed by atoms with Crippen molar-refractivity contribution in [2.75, 3.05) is 52.4 Å². The molecule has 27 heavy (non-hydrogen) atoms. The summed E-state index contributed by atoms with van der Waals surface area (Å²) in [5.41, 5.74) is 5.78. The zero-order chi connectivity index (χ0) is 18.3. The van der Waals surface area contributed by atoms with Gasteiger partial charge in [0, 0.05) is 52.4 Å². The lowest BCUT2D eigenvalue weighted by Crippen LogP contribution is -2.46. The second-order valence-electron chi connectivity index (χ2n) is 7.64. The quantitative estimate of drug-likeness (QED) is 0.879. The van der Waals surface area contributed by atoms with Crippen LogP contribution in [0.4, 0.5) is 0 Å². The van der Waals surface area contributed by atoms with Crippen LogP contribution >= 0.6 is 0 Å². The number of piperazine rings is 1. The first-order valence-corrected chi connectivity index (χ1v) is 10.4. The van der Waals surface area contributed by atoms with E-state index in [1.807, 2.05) is 0 Å². The van der Waals surface area contributed by atoms with Crippen molar-refractivity contribution in [1.82, 2.24) is 15.1 Å². The summed E-state index contributed by atoms with van der Waals surface area (Å²) in [7, 11) is 0. The first kappa shape index (κ1) is 18.4. The van der Waals surface area contributed by atoms with Crippen molar-refractivity contribution in [3.63, 3.8) is 0 Å². The standard InChI is InChI=1S/C24H31N3/c1-3-7-21(8-4-1)24(22-9-5-2-6-10-22)23-11-15-26(16-12-23)19-20-27-17-13-25-14-18-27/h1-10,25H,11-20H2. The van der Waals surface area contributed by atoms with E-state index >= 15 is 0 Å². The van der Waals surface area contributed by atoms with E-state index in [0.717, 1.165) is 13.1 Å². The third-order valence-electron chi connectivity index (χ3n) is 5.88. The molecule has 3 heteroatoms. The molecule has 2 saturated heterocycles. The van der Waals surface area contributed by atoms with Crippen LogP contribution < -0.4 is 5.32 Å². The van der Waals surface area contributed by atoms with Gasteiger partial charge in [0.2, 0.25) is 0 Å². The summed E-state index contributed by atoms with van der Waals surface area (Å²) in [6.07, 6.45) is 2.36. The molecular weight excluding hydrogens is 330 g/mol. The smallest absolute Gasteiger partial charge is 0.0110 e. The highest BCUT2D eigenvalue weighted by Crippen LogP contribution is 2.32. The van der Waals surface area contributed by atoms with Crippen molar-refractivity contribution < 1.29 is 0 Å². The predicted molar refractivity (Wildman–Crippen MR) is 114 cm³/mol. The van der Waals surface area contributed by atoms with Crippen LogP contribution in [0, 0.1) is 0 Å². The predicted octanol–water partition coefficient (Wildman–Crippen LogP) is 3.49. The highest BCUT2D eigenvalue weighted by atomic mass is 15.2. The van der Waals surface area contributed by atoms with E-state index in [1.54, 1.807) is 5.57 Å². The zero-order valence-corrected chi connectivity index (χ0v) is 16.2. The number of hydrogen-bond acceptors (Lipinski definition) is 3. The Morgan fingerprint density at radius 1 is 0.667 bits per heavy atom. The molecule has 0 radical (unpaired) electrons. The van der Waals surface area contributed by atoms with Crippen LogP contribution in [0.2, 0.25) is 0 Å². The maximum absolute atomic E-state index is 3.44. The van der Waals surface area contributed by atoms with Crippen LogP contribution in [0.5, 0.6) is 0 Å². The normalized spacial score (nSPS) is 19.2. The maximum Gasteiger partial charge on any atom is 0.0110 e. The third kappa shape index (κ3) is 4.86. The molecule has 1 N–H and O–H groups in total. The molecule has 0 saturated carbocycles. The largest absolute Gasteiger partial charge is 0.314 e. The van der Waals surface area contributed by atoms with Crippen LogP contribution in [0.15, 0.2) is 66.2 Å². The monoisotopic (exact) mass is 361 g/mol. The Labute approximate surface area is 163 Å². The maximum atomic E-state index is 3.44. The Hall–Kier alpha value is -1.94. The van der Waals surface area contributed by atoms with Crippen LogP contribution in [-0.4, -0.2) is 62.2 Å². The number of likely N-dealkylation sites (tertiary alicyclic amines) is 1. The topological polar surface area (TPSA) is 18.5 Å². The van der Waals surface area contributed by atoms with Gasteiger partial charge in [-0.3, -0.25) is 4.90 Å². The Morgan fingerprint density at radius 2 is 1.15 bits per heavy atom. The summed E-state index contributed by atoms with van der Waals surface area (Å²) in [5.74, 6) is 0. The third-order valence-corrected chi connectivity index (χ3v) is 5.88. The van der Waals surface area contributed by atoms with Crippen molar-refractivity contribution in [2.24, 2.45) is 0 Å². The minimum Gasteiger partial charge on any atom is -0.314 e. The molecule has 0 atom stereocenters. The van der Waals surface area contributed by atoms with Gasteiger partial charge in [0.1, 0.15) is 0 Å². The molecule has 2 aliphatic rings. The SMILES string of the molecule is c1ccc(C(=C2CCN(CCN3CCNCC3)CC2)c2ccccc2)cc1. The number of hydrogen-bond donors (Lipinski definition) is 1. The summed E-state index contributed by atoms with van der Waals surface area (Å²) in [6.45, 7) is 9.48. The van der Waals surface area contributed by atoms with Crippen molar-refractivity contribution in [3.05, 3.63) is 77.4 Å². The fourth-order valence-corrected chi connectivity index (χ4v) is 4.30. The molecule has 0 spiro atoms. The van der Waals surface area contributed by atoms with Crippen LogP contribution in [0.25, 0.3) is 5.57 Å². The van der Waals surface area contributed by atoms with Crippen LogP contribution in [-0.2, 0) is 0 Å². The molecule has 2 aromatic carbocycles. The number of nitrogens with zero attached hydrogens (tertiary/aromatic N) is 2. The van der Waals surface area contributed by atoms with Crippen molar-refractivity contribution in [2.45, 2.75) is 12.8 Å². The van der Waals surface area contributed by atoms with E-state index in [9.17, 15) is 0 Å². The Bertz CT molecular complexity index is 681. The first-order valence-electron chi connectivity index (χ1n) is 10.4. The number of rotatable bonds is 5. The van der Waals surface area contributed by atoms with Crippen molar-refractivity contribution >= 4 is 5.57 Å². The molecule has 2 aromatic rings. The van der Waals surface area contributed by atoms with Gasteiger partial charge in [0.05, 0.1) is 0 Å². The molecule has 2 fully saturated rings. The molecule has 0 amide bonds. The van der Waals surface area contributed by atoms with Gasteiger partial charge >= 0.3 is 0 Å². The minimum atomic E-state index is 1.14. The fraction of sp³-hybridized carbons (Fsp3) is 0.417. The summed E-state index contributed by atoms with van der Waals surface area (Å²) in [4.78, 5) is 5.25. The van der Waals surface area contributed by atoms with Gasteiger partial charge in [0.15, 0.2) is 0 Å². The summed E-state index contributed by atoms with van der Waals surface area (Å²) in [5, 5.41) is 3.44. The molecule has 2 aliphatic heterocycles. The molecule has 0 bridgehead atoms.